The lowest BCUT2D eigenvalue weighted by atomic mass is 10.2. The van der Waals surface area contributed by atoms with Crippen LogP contribution in [0.4, 0.5) is 0 Å². The van der Waals surface area contributed by atoms with Crippen molar-refractivity contribution in [2.75, 3.05) is 20.8 Å². The number of para-hydroxylation sites is 1. The maximum Gasteiger partial charge on any atom is 0.376 e. The maximum atomic E-state index is 11.7. The van der Waals surface area contributed by atoms with Crippen molar-refractivity contribution in [1.29, 1.82) is 0 Å². The molecule has 0 aliphatic carbocycles. The van der Waals surface area contributed by atoms with E-state index in [2.05, 4.69) is 16.7 Å². The van der Waals surface area contributed by atoms with Gasteiger partial charge in [-0.25, -0.2) is 4.79 Å². The van der Waals surface area contributed by atoms with E-state index in [1.807, 2.05) is 0 Å². The Balaban J connectivity index is 2.85. The highest BCUT2D eigenvalue weighted by Gasteiger charge is 2.18. The Morgan fingerprint density at radius 2 is 2.06 bits per heavy atom. The summed E-state index contributed by atoms with van der Waals surface area (Å²) in [5, 5.41) is 0. The number of carbonyl (C=O) groups is 1. The molecule has 0 heterocycles. The first-order valence-corrected chi connectivity index (χ1v) is 5.08. The zero-order valence-electron chi connectivity index (χ0n) is 9.89. The van der Waals surface area contributed by atoms with Gasteiger partial charge in [0.1, 0.15) is 5.56 Å². The molecule has 0 bridgehead atoms. The fourth-order valence-electron chi connectivity index (χ4n) is 1.25. The summed E-state index contributed by atoms with van der Waals surface area (Å²) in [6, 6.07) is 4.92. The van der Waals surface area contributed by atoms with Crippen molar-refractivity contribution in [1.82, 2.24) is 0 Å². The van der Waals surface area contributed by atoms with Crippen molar-refractivity contribution in [2.45, 2.75) is 6.42 Å². The van der Waals surface area contributed by atoms with E-state index in [9.17, 15) is 4.79 Å². The number of carbonyl (C=O) groups excluding carboxylic acids is 1. The molecule has 0 fully saturated rings. The van der Waals surface area contributed by atoms with Crippen LogP contribution >= 0.6 is 0 Å². The Morgan fingerprint density at radius 1 is 1.29 bits per heavy atom. The normalized spacial score (nSPS) is 9.82. The van der Waals surface area contributed by atoms with Crippen molar-refractivity contribution in [3.05, 3.63) is 30.7 Å². The first kappa shape index (κ1) is 13.3. The smallest absolute Gasteiger partial charge is 0.376 e. The number of hydrogen-bond donors (Lipinski definition) is 0. The molecule has 0 atom stereocenters. The minimum Gasteiger partial charge on any atom is -0.493 e. The SMILES string of the molecule is [CH2]CCOOC(=O)c1cccc(OC)c1OC. The van der Waals surface area contributed by atoms with Gasteiger partial charge in [0.05, 0.1) is 20.8 Å². The Bertz CT molecular complexity index is 375. The van der Waals surface area contributed by atoms with Gasteiger partial charge >= 0.3 is 5.97 Å². The number of rotatable bonds is 6. The standard InChI is InChI=1S/C12H15O5/c1-4-8-16-17-12(13)9-6-5-7-10(14-2)11(9)15-3/h5-7H,1,4,8H2,2-3H3. The molecule has 0 N–H and O–H groups in total. The molecule has 1 rings (SSSR count). The first-order chi connectivity index (χ1) is 8.24. The summed E-state index contributed by atoms with van der Waals surface area (Å²) in [7, 11) is 2.94. The van der Waals surface area contributed by atoms with Crippen LogP contribution in [-0.2, 0) is 9.78 Å². The fourth-order valence-corrected chi connectivity index (χ4v) is 1.25. The topological polar surface area (TPSA) is 54.0 Å². The van der Waals surface area contributed by atoms with Crippen LogP contribution in [0.3, 0.4) is 0 Å². The summed E-state index contributed by atoms with van der Waals surface area (Å²) in [4.78, 5) is 20.9. The third-order valence-corrected chi connectivity index (χ3v) is 1.99. The molecule has 1 aromatic carbocycles. The van der Waals surface area contributed by atoms with E-state index in [0.29, 0.717) is 17.9 Å². The molecule has 17 heavy (non-hydrogen) atoms. The van der Waals surface area contributed by atoms with Gasteiger partial charge < -0.3 is 9.47 Å². The van der Waals surface area contributed by atoms with E-state index in [1.165, 1.54) is 14.2 Å². The van der Waals surface area contributed by atoms with E-state index < -0.39 is 5.97 Å². The largest absolute Gasteiger partial charge is 0.493 e. The lowest BCUT2D eigenvalue weighted by Gasteiger charge is -2.11. The minimum atomic E-state index is -0.630. The van der Waals surface area contributed by atoms with Gasteiger partial charge in [0.25, 0.3) is 0 Å². The molecule has 0 aromatic heterocycles. The molecule has 0 saturated carbocycles. The van der Waals surface area contributed by atoms with Crippen LogP contribution in [0.1, 0.15) is 16.8 Å². The van der Waals surface area contributed by atoms with Gasteiger partial charge in [-0.1, -0.05) is 13.0 Å². The Hall–Kier alpha value is -1.75. The third kappa shape index (κ3) is 3.35. The highest BCUT2D eigenvalue weighted by atomic mass is 17.2. The Kier molecular flexibility index (Phi) is 5.29. The highest BCUT2D eigenvalue weighted by Crippen LogP contribution is 2.31. The quantitative estimate of drug-likeness (QED) is 0.432. The van der Waals surface area contributed by atoms with E-state index in [-0.39, 0.29) is 12.2 Å². The van der Waals surface area contributed by atoms with E-state index in [4.69, 9.17) is 9.47 Å². The second kappa shape index (κ2) is 6.75. The fraction of sp³-hybridized carbons (Fsp3) is 0.333. The van der Waals surface area contributed by atoms with Crippen molar-refractivity contribution in [3.8, 4) is 11.5 Å². The molecule has 0 amide bonds. The van der Waals surface area contributed by atoms with Crippen molar-refractivity contribution in [3.63, 3.8) is 0 Å². The van der Waals surface area contributed by atoms with Gasteiger partial charge in [-0.05, 0) is 18.6 Å². The molecular weight excluding hydrogens is 224 g/mol. The van der Waals surface area contributed by atoms with Crippen LogP contribution < -0.4 is 9.47 Å². The van der Waals surface area contributed by atoms with Gasteiger partial charge in [-0.3, -0.25) is 4.89 Å². The molecule has 5 nitrogen and oxygen atoms in total. The van der Waals surface area contributed by atoms with Crippen LogP contribution in [0.25, 0.3) is 0 Å². The van der Waals surface area contributed by atoms with Gasteiger partial charge in [0, 0.05) is 0 Å². The zero-order chi connectivity index (χ0) is 12.7. The molecule has 1 aromatic rings. The predicted octanol–water partition coefficient (Wildman–Crippen LogP) is 2.02. The highest BCUT2D eigenvalue weighted by molar-refractivity contribution is 5.93. The lowest BCUT2D eigenvalue weighted by molar-refractivity contribution is -0.239. The number of benzene rings is 1. The first-order valence-electron chi connectivity index (χ1n) is 5.08. The van der Waals surface area contributed by atoms with Gasteiger partial charge in [0.15, 0.2) is 11.5 Å². The summed E-state index contributed by atoms with van der Waals surface area (Å²) in [5.74, 6) is 0.145. The van der Waals surface area contributed by atoms with Gasteiger partial charge in [0.2, 0.25) is 0 Å². The molecule has 0 aliphatic heterocycles. The van der Waals surface area contributed by atoms with Crippen LogP contribution in [0.15, 0.2) is 18.2 Å². The third-order valence-electron chi connectivity index (χ3n) is 1.99. The van der Waals surface area contributed by atoms with E-state index in [0.717, 1.165) is 0 Å². The van der Waals surface area contributed by atoms with Gasteiger partial charge in [-0.2, -0.15) is 4.89 Å². The molecule has 1 radical (unpaired) electrons. The second-order valence-corrected chi connectivity index (χ2v) is 3.09. The van der Waals surface area contributed by atoms with Crippen LogP contribution in [0.5, 0.6) is 11.5 Å². The number of methoxy groups -OCH3 is 2. The van der Waals surface area contributed by atoms with Crippen molar-refractivity contribution >= 4 is 5.97 Å². The Morgan fingerprint density at radius 3 is 2.65 bits per heavy atom. The molecule has 0 saturated heterocycles. The molecule has 93 valence electrons. The number of ether oxygens (including phenoxy) is 2. The number of hydrogen-bond acceptors (Lipinski definition) is 5. The average molecular weight is 239 g/mol. The molecule has 0 spiro atoms. The predicted molar refractivity (Wildman–Crippen MR) is 60.9 cm³/mol. The summed E-state index contributed by atoms with van der Waals surface area (Å²) in [6.45, 7) is 3.80. The molecule has 0 aliphatic rings. The van der Waals surface area contributed by atoms with Crippen molar-refractivity contribution < 1.29 is 24.0 Å². The summed E-state index contributed by atoms with van der Waals surface area (Å²) in [5.41, 5.74) is 0.246. The summed E-state index contributed by atoms with van der Waals surface area (Å²) < 4.78 is 10.2. The molecule has 5 heteroatoms. The maximum absolute atomic E-state index is 11.7. The second-order valence-electron chi connectivity index (χ2n) is 3.09. The summed E-state index contributed by atoms with van der Waals surface area (Å²) in [6.07, 6.45) is 0.516. The molecular formula is C12H15O5. The summed E-state index contributed by atoms with van der Waals surface area (Å²) >= 11 is 0. The van der Waals surface area contributed by atoms with Crippen molar-refractivity contribution in [2.24, 2.45) is 0 Å². The Labute approximate surface area is 100 Å². The van der Waals surface area contributed by atoms with Gasteiger partial charge in [-0.15, -0.1) is 0 Å². The van der Waals surface area contributed by atoms with E-state index >= 15 is 0 Å². The zero-order valence-corrected chi connectivity index (χ0v) is 9.89. The van der Waals surface area contributed by atoms with E-state index in [1.54, 1.807) is 18.2 Å². The van der Waals surface area contributed by atoms with Crippen LogP contribution in [0, 0.1) is 6.92 Å². The average Bonchev–Trinajstić information content (AvgIpc) is 2.37. The monoisotopic (exact) mass is 239 g/mol. The lowest BCUT2D eigenvalue weighted by Crippen LogP contribution is -2.09. The minimum absolute atomic E-state index is 0.246. The van der Waals surface area contributed by atoms with Crippen LogP contribution in [0.2, 0.25) is 0 Å². The molecule has 0 unspecified atom stereocenters. The van der Waals surface area contributed by atoms with Crippen LogP contribution in [-0.4, -0.2) is 26.8 Å².